The van der Waals surface area contributed by atoms with Crippen molar-refractivity contribution < 1.29 is 9.13 Å². The van der Waals surface area contributed by atoms with Gasteiger partial charge in [0.05, 0.1) is 29.0 Å². The Hall–Kier alpha value is -4.22. The molecule has 0 saturated heterocycles. The number of para-hydroxylation sites is 1. The second-order valence-corrected chi connectivity index (χ2v) is 8.83. The minimum atomic E-state index is -0.387. The van der Waals surface area contributed by atoms with Gasteiger partial charge in [0.1, 0.15) is 6.61 Å². The molecular weight excluding hydrogens is 449 g/mol. The van der Waals surface area contributed by atoms with Crippen LogP contribution in [0.4, 0.5) is 4.39 Å². The van der Waals surface area contributed by atoms with Crippen LogP contribution in [0.3, 0.4) is 0 Å². The maximum atomic E-state index is 13.6. The van der Waals surface area contributed by atoms with Gasteiger partial charge in [-0.05, 0) is 35.4 Å². The van der Waals surface area contributed by atoms with E-state index in [0.717, 1.165) is 28.2 Å². The second kappa shape index (κ2) is 8.61. The van der Waals surface area contributed by atoms with E-state index in [9.17, 15) is 4.39 Å². The van der Waals surface area contributed by atoms with Crippen molar-refractivity contribution in [3.63, 3.8) is 0 Å². The van der Waals surface area contributed by atoms with Crippen molar-refractivity contribution in [3.8, 4) is 40.1 Å². The average Bonchev–Trinajstić information content (AvgIpc) is 3.63. The molecule has 0 fully saturated rings. The predicted molar refractivity (Wildman–Crippen MR) is 128 cm³/mol. The summed E-state index contributed by atoms with van der Waals surface area (Å²) in [7, 11) is 0. The Morgan fingerprint density at radius 2 is 2.12 bits per heavy atom. The summed E-state index contributed by atoms with van der Waals surface area (Å²) in [6.45, 7) is 0.801. The van der Waals surface area contributed by atoms with Crippen LogP contribution < -0.4 is 4.74 Å². The number of rotatable bonds is 5. The molecule has 6 rings (SSSR count). The van der Waals surface area contributed by atoms with Crippen LogP contribution in [0, 0.1) is 17.7 Å². The third-order valence-electron chi connectivity index (χ3n) is 5.72. The standard InChI is InChI=1S/C26H18FN5OS/c27-23-5-1-2-6-24(23)33-11-3-4-20-13-19(16-34-20)25-22-14-18-8-7-17(15-32-10-9-28-31-32)12-21(18)26(22)30-29-25/h1-2,5-10,12-13,16H,11,14-15H2,(H,29,30). The topological polar surface area (TPSA) is 68.6 Å². The van der Waals surface area contributed by atoms with E-state index < -0.39 is 0 Å². The van der Waals surface area contributed by atoms with Gasteiger partial charge in [-0.3, -0.25) is 5.10 Å². The summed E-state index contributed by atoms with van der Waals surface area (Å²) in [4.78, 5) is 0.912. The highest BCUT2D eigenvalue weighted by Gasteiger charge is 2.25. The van der Waals surface area contributed by atoms with Crippen molar-refractivity contribution in [3.05, 3.63) is 93.7 Å². The first-order valence-corrected chi connectivity index (χ1v) is 11.6. The van der Waals surface area contributed by atoms with Gasteiger partial charge in [-0.25, -0.2) is 9.07 Å². The number of H-pyrrole nitrogens is 1. The summed E-state index contributed by atoms with van der Waals surface area (Å²) in [5.41, 5.74) is 7.91. The molecule has 6 nitrogen and oxygen atoms in total. The van der Waals surface area contributed by atoms with Gasteiger partial charge in [0.2, 0.25) is 0 Å². The number of nitrogens with zero attached hydrogens (tertiary/aromatic N) is 4. The first-order valence-electron chi connectivity index (χ1n) is 10.7. The van der Waals surface area contributed by atoms with Gasteiger partial charge in [0.15, 0.2) is 11.6 Å². The lowest BCUT2D eigenvalue weighted by Crippen LogP contribution is -2.01. The number of thiophene rings is 1. The Labute approximate surface area is 199 Å². The number of aromatic nitrogens is 5. The summed E-state index contributed by atoms with van der Waals surface area (Å²) >= 11 is 1.56. The molecule has 1 aliphatic rings. The molecular formula is C26H18FN5OS. The van der Waals surface area contributed by atoms with Gasteiger partial charge in [-0.1, -0.05) is 41.3 Å². The van der Waals surface area contributed by atoms with E-state index in [-0.39, 0.29) is 18.2 Å². The van der Waals surface area contributed by atoms with Crippen molar-refractivity contribution in [2.75, 3.05) is 6.61 Å². The Balaban J connectivity index is 1.18. The molecule has 5 aromatic rings. The van der Waals surface area contributed by atoms with E-state index in [4.69, 9.17) is 4.74 Å². The summed E-state index contributed by atoms with van der Waals surface area (Å²) in [6, 6.07) is 14.9. The highest BCUT2D eigenvalue weighted by atomic mass is 32.1. The monoisotopic (exact) mass is 467 g/mol. The molecule has 2 aromatic carbocycles. The normalized spacial score (nSPS) is 11.6. The molecule has 0 atom stereocenters. The van der Waals surface area contributed by atoms with Crippen LogP contribution in [0.5, 0.6) is 5.75 Å². The second-order valence-electron chi connectivity index (χ2n) is 7.92. The van der Waals surface area contributed by atoms with Crippen LogP contribution in [0.2, 0.25) is 0 Å². The number of halogens is 1. The molecule has 1 N–H and O–H groups in total. The largest absolute Gasteiger partial charge is 0.478 e. The smallest absolute Gasteiger partial charge is 0.165 e. The van der Waals surface area contributed by atoms with Gasteiger partial charge in [-0.15, -0.1) is 16.4 Å². The summed E-state index contributed by atoms with van der Waals surface area (Å²) < 4.78 is 20.8. The molecule has 0 bridgehead atoms. The van der Waals surface area contributed by atoms with Gasteiger partial charge in [0.25, 0.3) is 0 Å². The maximum absolute atomic E-state index is 13.6. The van der Waals surface area contributed by atoms with Gasteiger partial charge >= 0.3 is 0 Å². The lowest BCUT2D eigenvalue weighted by atomic mass is 10.1. The fraction of sp³-hybridized carbons (Fsp3) is 0.115. The number of fused-ring (bicyclic) bond motifs is 3. The van der Waals surface area contributed by atoms with Gasteiger partial charge in [0, 0.05) is 34.7 Å². The van der Waals surface area contributed by atoms with Crippen molar-refractivity contribution in [2.45, 2.75) is 13.0 Å². The molecule has 0 aliphatic heterocycles. The van der Waals surface area contributed by atoms with E-state index in [2.05, 4.69) is 55.9 Å². The van der Waals surface area contributed by atoms with Crippen molar-refractivity contribution in [1.29, 1.82) is 0 Å². The van der Waals surface area contributed by atoms with Crippen LogP contribution in [0.15, 0.2) is 66.3 Å². The average molecular weight is 468 g/mol. The molecule has 34 heavy (non-hydrogen) atoms. The molecule has 0 spiro atoms. The zero-order chi connectivity index (χ0) is 22.9. The number of nitrogens with one attached hydrogen (secondary N) is 1. The maximum Gasteiger partial charge on any atom is 0.165 e. The van der Waals surface area contributed by atoms with E-state index >= 15 is 0 Å². The lowest BCUT2D eigenvalue weighted by molar-refractivity contribution is 0.348. The zero-order valence-electron chi connectivity index (χ0n) is 18.0. The molecule has 8 heteroatoms. The highest BCUT2D eigenvalue weighted by Crippen LogP contribution is 2.41. The highest BCUT2D eigenvalue weighted by molar-refractivity contribution is 7.11. The summed E-state index contributed by atoms with van der Waals surface area (Å²) in [6.07, 6.45) is 4.38. The Bertz CT molecular complexity index is 1540. The van der Waals surface area contributed by atoms with Gasteiger partial charge in [-0.2, -0.15) is 5.10 Å². The molecule has 1 aliphatic carbocycles. The molecule has 3 heterocycles. The first kappa shape index (κ1) is 20.4. The van der Waals surface area contributed by atoms with Crippen molar-refractivity contribution in [1.82, 2.24) is 25.2 Å². The first-order chi connectivity index (χ1) is 16.7. The van der Waals surface area contributed by atoms with Crippen LogP contribution in [0.25, 0.3) is 22.5 Å². The minimum absolute atomic E-state index is 0.123. The fourth-order valence-electron chi connectivity index (χ4n) is 4.13. The summed E-state index contributed by atoms with van der Waals surface area (Å²) in [5, 5.41) is 17.8. The Morgan fingerprint density at radius 1 is 1.18 bits per heavy atom. The lowest BCUT2D eigenvalue weighted by Gasteiger charge is -2.05. The minimum Gasteiger partial charge on any atom is -0.478 e. The molecule has 0 unspecified atom stereocenters. The van der Waals surface area contributed by atoms with E-state index in [1.165, 1.54) is 28.3 Å². The van der Waals surface area contributed by atoms with Gasteiger partial charge < -0.3 is 4.74 Å². The van der Waals surface area contributed by atoms with Crippen LogP contribution in [0.1, 0.15) is 21.6 Å². The molecule has 0 amide bonds. The van der Waals surface area contributed by atoms with E-state index in [1.807, 2.05) is 16.9 Å². The Morgan fingerprint density at radius 3 is 3.00 bits per heavy atom. The number of hydrogen-bond donors (Lipinski definition) is 1. The number of hydrogen-bond acceptors (Lipinski definition) is 5. The number of aromatic amines is 1. The molecule has 0 saturated carbocycles. The summed E-state index contributed by atoms with van der Waals surface area (Å²) in [5.74, 6) is 5.88. The van der Waals surface area contributed by atoms with Crippen molar-refractivity contribution >= 4 is 11.3 Å². The van der Waals surface area contributed by atoms with E-state index in [1.54, 1.807) is 35.7 Å². The van der Waals surface area contributed by atoms with Crippen LogP contribution in [-0.4, -0.2) is 31.8 Å². The fourth-order valence-corrected chi connectivity index (χ4v) is 4.89. The SMILES string of the molecule is Fc1ccccc1OCC#Cc1cc(-c2n[nH]c3c2Cc2ccc(Cn4ccnn4)cc2-3)cs1. The predicted octanol–water partition coefficient (Wildman–Crippen LogP) is 4.92. The molecule has 0 radical (unpaired) electrons. The quantitative estimate of drug-likeness (QED) is 0.366. The number of ether oxygens (including phenoxy) is 1. The van der Waals surface area contributed by atoms with Crippen LogP contribution >= 0.6 is 11.3 Å². The third kappa shape index (κ3) is 3.87. The molecule has 166 valence electrons. The Kier molecular flexibility index (Phi) is 5.17. The van der Waals surface area contributed by atoms with E-state index in [0.29, 0.717) is 6.54 Å². The number of benzene rings is 2. The zero-order valence-corrected chi connectivity index (χ0v) is 18.8. The van der Waals surface area contributed by atoms with Crippen LogP contribution in [-0.2, 0) is 13.0 Å². The molecule has 3 aromatic heterocycles. The van der Waals surface area contributed by atoms with Crippen molar-refractivity contribution in [2.24, 2.45) is 0 Å². The third-order valence-corrected chi connectivity index (χ3v) is 6.56.